The van der Waals surface area contributed by atoms with Gasteiger partial charge in [-0.05, 0) is 42.7 Å². The van der Waals surface area contributed by atoms with Gasteiger partial charge in [-0.25, -0.2) is 19.9 Å². The molecule has 4 aromatic rings. The lowest BCUT2D eigenvalue weighted by Crippen LogP contribution is -2.46. The number of rotatable bonds is 6. The highest BCUT2D eigenvalue weighted by Gasteiger charge is 2.26. The molecule has 1 aliphatic heterocycles. The maximum absolute atomic E-state index is 4.56. The first-order valence-electron chi connectivity index (χ1n) is 11.3. The van der Waals surface area contributed by atoms with Crippen molar-refractivity contribution in [3.8, 4) is 0 Å². The molecule has 4 heterocycles. The number of aromatic nitrogens is 5. The number of nitrogens with zero attached hydrogens (tertiary/aromatic N) is 7. The number of fused-ring (bicyclic) bond motifs is 1. The van der Waals surface area contributed by atoms with Crippen LogP contribution >= 0.6 is 0 Å². The van der Waals surface area contributed by atoms with Crippen LogP contribution in [0.3, 0.4) is 0 Å². The van der Waals surface area contributed by atoms with Crippen molar-refractivity contribution in [3.63, 3.8) is 0 Å². The first kappa shape index (κ1) is 19.2. The van der Waals surface area contributed by atoms with Crippen molar-refractivity contribution >= 4 is 28.5 Å². The smallest absolute Gasteiger partial charge is 0.165 e. The van der Waals surface area contributed by atoms with E-state index >= 15 is 0 Å². The molecule has 8 heteroatoms. The maximum Gasteiger partial charge on any atom is 0.165 e. The van der Waals surface area contributed by atoms with Crippen molar-refractivity contribution in [2.75, 3.05) is 36.4 Å². The van der Waals surface area contributed by atoms with Gasteiger partial charge in [0.1, 0.15) is 12.1 Å². The van der Waals surface area contributed by atoms with Crippen LogP contribution in [-0.4, -0.2) is 55.6 Å². The predicted octanol–water partition coefficient (Wildman–Crippen LogP) is 3.62. The Labute approximate surface area is 187 Å². The van der Waals surface area contributed by atoms with Gasteiger partial charge in [-0.3, -0.25) is 4.90 Å². The van der Waals surface area contributed by atoms with E-state index in [1.54, 1.807) is 6.33 Å². The number of benzene rings is 1. The molecule has 2 fully saturated rings. The minimum atomic E-state index is 0.549. The number of nitrogens with one attached hydrogen (secondary N) is 1. The molecule has 1 saturated carbocycles. The lowest BCUT2D eigenvalue weighted by atomic mass is 10.1. The second-order valence-electron chi connectivity index (χ2n) is 8.55. The van der Waals surface area contributed by atoms with Gasteiger partial charge in [0.15, 0.2) is 17.0 Å². The minimum Gasteiger partial charge on any atom is -0.354 e. The Balaban J connectivity index is 1.08. The van der Waals surface area contributed by atoms with Gasteiger partial charge < -0.3 is 14.8 Å². The average Bonchev–Trinajstić information content (AvgIpc) is 3.60. The van der Waals surface area contributed by atoms with E-state index in [4.69, 9.17) is 0 Å². The molecule has 0 radical (unpaired) electrons. The van der Waals surface area contributed by atoms with Crippen LogP contribution in [0.2, 0.25) is 0 Å². The van der Waals surface area contributed by atoms with Crippen molar-refractivity contribution in [2.24, 2.45) is 0 Å². The fourth-order valence-electron chi connectivity index (χ4n) is 4.33. The predicted molar refractivity (Wildman–Crippen MR) is 125 cm³/mol. The normalized spacial score (nSPS) is 17.1. The summed E-state index contributed by atoms with van der Waals surface area (Å²) in [5.74, 6) is 1.83. The van der Waals surface area contributed by atoms with E-state index in [2.05, 4.69) is 76.0 Å². The van der Waals surface area contributed by atoms with Gasteiger partial charge in [0.05, 0.1) is 6.33 Å². The van der Waals surface area contributed by atoms with Gasteiger partial charge in [-0.1, -0.05) is 18.2 Å². The van der Waals surface area contributed by atoms with Gasteiger partial charge in [0.25, 0.3) is 0 Å². The fourth-order valence-corrected chi connectivity index (χ4v) is 4.33. The molecule has 1 N–H and O–H groups in total. The Hall–Kier alpha value is -3.52. The Morgan fingerprint density at radius 1 is 0.875 bits per heavy atom. The molecule has 8 nitrogen and oxygen atoms in total. The molecule has 0 amide bonds. The number of imidazole rings is 1. The average molecular weight is 427 g/mol. The van der Waals surface area contributed by atoms with Gasteiger partial charge in [-0.15, -0.1) is 0 Å². The Morgan fingerprint density at radius 3 is 2.47 bits per heavy atom. The van der Waals surface area contributed by atoms with E-state index < -0.39 is 0 Å². The summed E-state index contributed by atoms with van der Waals surface area (Å²) in [7, 11) is 0. The van der Waals surface area contributed by atoms with Gasteiger partial charge >= 0.3 is 0 Å². The zero-order valence-electron chi connectivity index (χ0n) is 17.9. The summed E-state index contributed by atoms with van der Waals surface area (Å²) in [5, 5.41) is 3.42. The lowest BCUT2D eigenvalue weighted by molar-refractivity contribution is 0.249. The molecule has 1 saturated heterocycles. The molecule has 1 aromatic carbocycles. The van der Waals surface area contributed by atoms with Crippen molar-refractivity contribution < 1.29 is 0 Å². The number of piperazine rings is 1. The minimum absolute atomic E-state index is 0.549. The van der Waals surface area contributed by atoms with Crippen molar-refractivity contribution in [3.05, 3.63) is 66.9 Å². The van der Waals surface area contributed by atoms with Crippen LogP contribution in [0.1, 0.15) is 24.4 Å². The molecule has 0 spiro atoms. The molecule has 3 aromatic heterocycles. The second kappa shape index (κ2) is 8.20. The summed E-state index contributed by atoms with van der Waals surface area (Å²) < 4.78 is 2.17. The van der Waals surface area contributed by atoms with E-state index in [9.17, 15) is 0 Å². The maximum atomic E-state index is 4.56. The van der Waals surface area contributed by atoms with E-state index in [0.29, 0.717) is 6.04 Å². The Bertz CT molecular complexity index is 1190. The van der Waals surface area contributed by atoms with E-state index in [-0.39, 0.29) is 0 Å². The number of hydrogen-bond donors (Lipinski definition) is 1. The molecule has 2 aliphatic rings. The van der Waals surface area contributed by atoms with Gasteiger partial charge in [0, 0.05) is 50.6 Å². The quantitative estimate of drug-likeness (QED) is 0.505. The van der Waals surface area contributed by atoms with Crippen LogP contribution in [-0.2, 0) is 6.54 Å². The van der Waals surface area contributed by atoms with Crippen LogP contribution < -0.4 is 10.2 Å². The summed E-state index contributed by atoms with van der Waals surface area (Å²) in [6.45, 7) is 5.06. The molecule has 162 valence electrons. The highest BCUT2D eigenvalue weighted by molar-refractivity contribution is 5.85. The van der Waals surface area contributed by atoms with Crippen LogP contribution in [0, 0.1) is 0 Å². The second-order valence-corrected chi connectivity index (χ2v) is 8.55. The van der Waals surface area contributed by atoms with Crippen molar-refractivity contribution in [1.82, 2.24) is 29.4 Å². The van der Waals surface area contributed by atoms with Crippen LogP contribution in [0.25, 0.3) is 11.2 Å². The van der Waals surface area contributed by atoms with Crippen molar-refractivity contribution in [1.29, 1.82) is 0 Å². The molecule has 32 heavy (non-hydrogen) atoms. The Morgan fingerprint density at radius 2 is 1.72 bits per heavy atom. The first-order chi connectivity index (χ1) is 15.8. The van der Waals surface area contributed by atoms with Crippen molar-refractivity contribution in [2.45, 2.75) is 25.4 Å². The third kappa shape index (κ3) is 3.89. The molecule has 1 aliphatic carbocycles. The monoisotopic (exact) mass is 426 g/mol. The molecular formula is C24H26N8. The molecular weight excluding hydrogens is 400 g/mol. The molecule has 6 rings (SSSR count). The van der Waals surface area contributed by atoms with Crippen LogP contribution in [0.5, 0.6) is 0 Å². The van der Waals surface area contributed by atoms with E-state index in [1.165, 1.54) is 18.4 Å². The van der Waals surface area contributed by atoms with Crippen LogP contribution in [0.15, 0.2) is 61.3 Å². The topological polar surface area (TPSA) is 75.0 Å². The first-order valence-corrected chi connectivity index (χ1v) is 11.3. The summed E-state index contributed by atoms with van der Waals surface area (Å²) in [6.07, 6.45) is 7.78. The zero-order chi connectivity index (χ0) is 21.3. The zero-order valence-corrected chi connectivity index (χ0v) is 17.9. The molecule has 0 bridgehead atoms. The lowest BCUT2D eigenvalue weighted by Gasteiger charge is -2.35. The van der Waals surface area contributed by atoms with E-state index in [0.717, 1.165) is 61.2 Å². The largest absolute Gasteiger partial charge is 0.354 e. The third-order valence-electron chi connectivity index (χ3n) is 6.27. The summed E-state index contributed by atoms with van der Waals surface area (Å²) in [5.41, 5.74) is 4.06. The highest BCUT2D eigenvalue weighted by Crippen LogP contribution is 2.37. The van der Waals surface area contributed by atoms with Crippen LogP contribution in [0.4, 0.5) is 17.3 Å². The number of pyridine rings is 1. The van der Waals surface area contributed by atoms with E-state index in [1.807, 2.05) is 18.6 Å². The number of anilines is 3. The summed E-state index contributed by atoms with van der Waals surface area (Å²) >= 11 is 0. The highest BCUT2D eigenvalue weighted by atomic mass is 15.3. The summed E-state index contributed by atoms with van der Waals surface area (Å²) in [6, 6.07) is 15.3. The fraction of sp³-hybridized carbons (Fsp3) is 0.333. The third-order valence-corrected chi connectivity index (χ3v) is 6.27. The SMILES string of the molecule is c1ccc(N2CCN(Cc3ccc(Nc4ncnc5c4ncn5C4CC4)cc3)CC2)nc1. The Kier molecular flexibility index (Phi) is 4.92. The molecule has 0 unspecified atom stereocenters. The van der Waals surface area contributed by atoms with Gasteiger partial charge in [0.2, 0.25) is 0 Å². The number of hydrogen-bond acceptors (Lipinski definition) is 7. The molecule has 0 atom stereocenters. The summed E-state index contributed by atoms with van der Waals surface area (Å²) in [4.78, 5) is 22.8. The standard InChI is InChI=1S/C24H26N8/c1-2-10-25-21(3-1)31-13-11-30(12-14-31)15-18-4-6-19(7-5-18)29-23-22-24(27-16-26-23)32(17-28-22)20-8-9-20/h1-7,10,16-17,20H,8-9,11-15H2,(H,26,27,29). The van der Waals surface area contributed by atoms with Gasteiger partial charge in [-0.2, -0.15) is 0 Å².